The third kappa shape index (κ3) is 3.36. The lowest BCUT2D eigenvalue weighted by molar-refractivity contribution is 0.102. The molecule has 2 aromatic carbocycles. The fourth-order valence-electron chi connectivity index (χ4n) is 1.60. The number of benzene rings is 2. The Morgan fingerprint density at radius 1 is 1.11 bits per heavy atom. The van der Waals surface area contributed by atoms with Crippen LogP contribution >= 0.6 is 0 Å². The normalized spacial score (nSPS) is 9.42. The van der Waals surface area contributed by atoms with Crippen molar-refractivity contribution >= 4 is 11.6 Å². The largest absolute Gasteiger partial charge is 0.479 e. The molecule has 3 nitrogen and oxygen atoms in total. The van der Waals surface area contributed by atoms with E-state index in [1.165, 1.54) is 0 Å². The fourth-order valence-corrected chi connectivity index (χ4v) is 1.60. The Morgan fingerprint density at radius 2 is 1.79 bits per heavy atom. The Kier molecular flexibility index (Phi) is 4.20. The molecule has 0 aliphatic heterocycles. The van der Waals surface area contributed by atoms with Crippen molar-refractivity contribution in [2.45, 2.75) is 0 Å². The number of anilines is 1. The van der Waals surface area contributed by atoms with Crippen LogP contribution in [0.1, 0.15) is 10.4 Å². The van der Waals surface area contributed by atoms with Crippen LogP contribution < -0.4 is 10.1 Å². The SMILES string of the molecule is C#CCOc1ccccc1NC(=O)c1ccccc1. The lowest BCUT2D eigenvalue weighted by Gasteiger charge is -2.10. The zero-order valence-electron chi connectivity index (χ0n) is 10.3. The van der Waals surface area contributed by atoms with E-state index in [2.05, 4.69) is 11.2 Å². The first-order chi connectivity index (χ1) is 9.31. The highest BCUT2D eigenvalue weighted by Gasteiger charge is 2.08. The van der Waals surface area contributed by atoms with Crippen LogP contribution in [0.15, 0.2) is 54.6 Å². The van der Waals surface area contributed by atoms with Crippen molar-refractivity contribution in [2.75, 3.05) is 11.9 Å². The third-order valence-corrected chi connectivity index (χ3v) is 2.48. The minimum absolute atomic E-state index is 0.165. The number of terminal acetylenes is 1. The van der Waals surface area contributed by atoms with Gasteiger partial charge in [-0.15, -0.1) is 6.42 Å². The van der Waals surface area contributed by atoms with E-state index in [1.54, 1.807) is 24.3 Å². The maximum atomic E-state index is 12.0. The van der Waals surface area contributed by atoms with Gasteiger partial charge in [0.15, 0.2) is 0 Å². The zero-order chi connectivity index (χ0) is 13.5. The van der Waals surface area contributed by atoms with Gasteiger partial charge >= 0.3 is 0 Å². The lowest BCUT2D eigenvalue weighted by atomic mass is 10.2. The van der Waals surface area contributed by atoms with Gasteiger partial charge in [0.1, 0.15) is 12.4 Å². The van der Waals surface area contributed by atoms with Gasteiger partial charge in [-0.05, 0) is 24.3 Å². The number of amides is 1. The van der Waals surface area contributed by atoms with Crippen molar-refractivity contribution in [1.82, 2.24) is 0 Å². The Bertz CT molecular complexity index is 600. The summed E-state index contributed by atoms with van der Waals surface area (Å²) in [4.78, 5) is 12.0. The Balaban J connectivity index is 2.15. The lowest BCUT2D eigenvalue weighted by Crippen LogP contribution is -2.12. The second-order valence-corrected chi connectivity index (χ2v) is 3.81. The summed E-state index contributed by atoms with van der Waals surface area (Å²) in [7, 11) is 0. The van der Waals surface area contributed by atoms with Gasteiger partial charge in [0.05, 0.1) is 5.69 Å². The summed E-state index contributed by atoms with van der Waals surface area (Å²) in [5.41, 5.74) is 1.20. The molecule has 2 aromatic rings. The molecule has 19 heavy (non-hydrogen) atoms. The molecule has 1 amide bonds. The van der Waals surface area contributed by atoms with Crippen molar-refractivity contribution < 1.29 is 9.53 Å². The summed E-state index contributed by atoms with van der Waals surface area (Å²) >= 11 is 0. The number of para-hydroxylation sites is 2. The molecule has 0 atom stereocenters. The molecular weight excluding hydrogens is 238 g/mol. The van der Waals surface area contributed by atoms with Crippen molar-refractivity contribution in [3.8, 4) is 18.1 Å². The quantitative estimate of drug-likeness (QED) is 0.848. The summed E-state index contributed by atoms with van der Waals surface area (Å²) in [6, 6.07) is 16.2. The Hall–Kier alpha value is -2.73. The van der Waals surface area contributed by atoms with Crippen LogP contribution in [-0.4, -0.2) is 12.5 Å². The van der Waals surface area contributed by atoms with Crippen LogP contribution in [-0.2, 0) is 0 Å². The Labute approximate surface area is 112 Å². The van der Waals surface area contributed by atoms with Crippen LogP contribution in [0.25, 0.3) is 0 Å². The molecule has 0 fully saturated rings. The minimum Gasteiger partial charge on any atom is -0.479 e. The molecule has 0 saturated heterocycles. The molecule has 94 valence electrons. The van der Waals surface area contributed by atoms with Crippen LogP contribution in [0.4, 0.5) is 5.69 Å². The van der Waals surface area contributed by atoms with E-state index in [0.717, 1.165) is 0 Å². The maximum absolute atomic E-state index is 12.0. The minimum atomic E-state index is -0.183. The zero-order valence-corrected chi connectivity index (χ0v) is 10.3. The number of hydrogen-bond acceptors (Lipinski definition) is 2. The molecule has 0 radical (unpaired) electrons. The van der Waals surface area contributed by atoms with E-state index in [-0.39, 0.29) is 12.5 Å². The molecule has 0 aliphatic carbocycles. The average Bonchev–Trinajstić information content (AvgIpc) is 2.47. The number of carbonyl (C=O) groups is 1. The van der Waals surface area contributed by atoms with Crippen LogP contribution in [0.2, 0.25) is 0 Å². The number of rotatable bonds is 4. The average molecular weight is 251 g/mol. The molecule has 0 saturated carbocycles. The van der Waals surface area contributed by atoms with Crippen molar-refractivity contribution in [2.24, 2.45) is 0 Å². The van der Waals surface area contributed by atoms with Gasteiger partial charge in [-0.1, -0.05) is 36.3 Å². The van der Waals surface area contributed by atoms with E-state index < -0.39 is 0 Å². The van der Waals surface area contributed by atoms with Gasteiger partial charge in [-0.2, -0.15) is 0 Å². The first-order valence-electron chi connectivity index (χ1n) is 5.83. The molecule has 0 heterocycles. The predicted octanol–water partition coefficient (Wildman–Crippen LogP) is 2.95. The molecule has 0 bridgehead atoms. The summed E-state index contributed by atoms with van der Waals surface area (Å²) in [5.74, 6) is 2.77. The molecule has 0 aromatic heterocycles. The van der Waals surface area contributed by atoms with Gasteiger partial charge in [-0.3, -0.25) is 4.79 Å². The third-order valence-electron chi connectivity index (χ3n) is 2.48. The van der Waals surface area contributed by atoms with E-state index in [1.807, 2.05) is 30.3 Å². The van der Waals surface area contributed by atoms with E-state index in [0.29, 0.717) is 17.0 Å². The van der Waals surface area contributed by atoms with Crippen LogP contribution in [0.3, 0.4) is 0 Å². The number of carbonyl (C=O) groups excluding carboxylic acids is 1. The first-order valence-corrected chi connectivity index (χ1v) is 5.83. The number of hydrogen-bond donors (Lipinski definition) is 1. The topological polar surface area (TPSA) is 38.3 Å². The highest BCUT2D eigenvalue weighted by Crippen LogP contribution is 2.24. The molecule has 3 heteroatoms. The van der Waals surface area contributed by atoms with Gasteiger partial charge in [0.25, 0.3) is 5.91 Å². The van der Waals surface area contributed by atoms with E-state index in [4.69, 9.17) is 11.2 Å². The second-order valence-electron chi connectivity index (χ2n) is 3.81. The number of ether oxygens (including phenoxy) is 1. The van der Waals surface area contributed by atoms with Gasteiger partial charge in [0.2, 0.25) is 0 Å². The van der Waals surface area contributed by atoms with Crippen molar-refractivity contribution in [3.05, 3.63) is 60.2 Å². The van der Waals surface area contributed by atoms with Gasteiger partial charge in [0, 0.05) is 5.56 Å². The molecule has 0 unspecified atom stereocenters. The molecule has 2 rings (SSSR count). The summed E-state index contributed by atoms with van der Waals surface area (Å²) in [6.45, 7) is 0.165. The summed E-state index contributed by atoms with van der Waals surface area (Å²) in [5, 5.41) is 2.80. The van der Waals surface area contributed by atoms with Crippen molar-refractivity contribution in [1.29, 1.82) is 0 Å². The van der Waals surface area contributed by atoms with E-state index >= 15 is 0 Å². The molecule has 1 N–H and O–H groups in total. The van der Waals surface area contributed by atoms with Crippen LogP contribution in [0, 0.1) is 12.3 Å². The summed E-state index contributed by atoms with van der Waals surface area (Å²) in [6.07, 6.45) is 5.16. The highest BCUT2D eigenvalue weighted by molar-refractivity contribution is 6.04. The molecule has 0 spiro atoms. The van der Waals surface area contributed by atoms with Gasteiger partial charge in [-0.25, -0.2) is 0 Å². The number of nitrogens with one attached hydrogen (secondary N) is 1. The monoisotopic (exact) mass is 251 g/mol. The fraction of sp³-hybridized carbons (Fsp3) is 0.0625. The van der Waals surface area contributed by atoms with E-state index in [9.17, 15) is 4.79 Å². The molecular formula is C16H13NO2. The second kappa shape index (κ2) is 6.27. The van der Waals surface area contributed by atoms with Crippen molar-refractivity contribution in [3.63, 3.8) is 0 Å². The highest BCUT2D eigenvalue weighted by atomic mass is 16.5. The smallest absolute Gasteiger partial charge is 0.255 e. The summed E-state index contributed by atoms with van der Waals surface area (Å²) < 4.78 is 5.37. The maximum Gasteiger partial charge on any atom is 0.255 e. The van der Waals surface area contributed by atoms with Crippen LogP contribution in [0.5, 0.6) is 5.75 Å². The first kappa shape index (κ1) is 12.7. The predicted molar refractivity (Wildman–Crippen MR) is 75.2 cm³/mol. The molecule has 0 aliphatic rings. The van der Waals surface area contributed by atoms with Gasteiger partial charge < -0.3 is 10.1 Å². The Morgan fingerprint density at radius 3 is 2.53 bits per heavy atom. The standard InChI is InChI=1S/C16H13NO2/c1-2-12-19-15-11-7-6-10-14(15)17-16(18)13-8-4-3-5-9-13/h1,3-11H,12H2,(H,17,18).